The molecule has 1 aliphatic rings. The van der Waals surface area contributed by atoms with Gasteiger partial charge < -0.3 is 10.1 Å². The molecule has 0 unspecified atom stereocenters. The third-order valence-electron chi connectivity index (χ3n) is 5.65. The van der Waals surface area contributed by atoms with Crippen LogP contribution in [0.3, 0.4) is 0 Å². The summed E-state index contributed by atoms with van der Waals surface area (Å²) in [6, 6.07) is 9.29. The predicted molar refractivity (Wildman–Crippen MR) is 121 cm³/mol. The van der Waals surface area contributed by atoms with Crippen molar-refractivity contribution in [2.45, 2.75) is 51.9 Å². The molecule has 1 aromatic heterocycles. The summed E-state index contributed by atoms with van der Waals surface area (Å²) in [6.07, 6.45) is -4.58. The number of aromatic nitrogens is 3. The molecule has 0 spiro atoms. The second kappa shape index (κ2) is 9.17. The molecule has 0 saturated heterocycles. The van der Waals surface area contributed by atoms with E-state index >= 15 is 0 Å². The molecule has 34 heavy (non-hydrogen) atoms. The number of anilines is 1. The first kappa shape index (κ1) is 23.9. The molecule has 180 valence electrons. The molecule has 3 aromatic rings. The predicted octanol–water partition coefficient (Wildman–Crippen LogP) is 4.91. The van der Waals surface area contributed by atoms with Crippen molar-refractivity contribution in [1.82, 2.24) is 14.3 Å². The van der Waals surface area contributed by atoms with E-state index in [0.29, 0.717) is 24.5 Å². The third kappa shape index (κ3) is 4.68. The molecular weight excluding hydrogens is 473 g/mol. The lowest BCUT2D eigenvalue weighted by atomic mass is 10.1. The van der Waals surface area contributed by atoms with Crippen molar-refractivity contribution in [3.05, 3.63) is 68.9 Å². The number of nitrogens with one attached hydrogen (secondary N) is 1. The Morgan fingerprint density at radius 1 is 1.24 bits per heavy atom. The van der Waals surface area contributed by atoms with Crippen molar-refractivity contribution in [3.8, 4) is 11.4 Å². The van der Waals surface area contributed by atoms with Crippen molar-refractivity contribution < 1.29 is 22.7 Å². The zero-order valence-corrected chi connectivity index (χ0v) is 19.2. The summed E-state index contributed by atoms with van der Waals surface area (Å²) in [4.78, 5) is 25.9. The van der Waals surface area contributed by atoms with Crippen LogP contribution in [-0.2, 0) is 13.0 Å². The van der Waals surface area contributed by atoms with Gasteiger partial charge in [0.2, 0.25) is 0 Å². The zero-order chi connectivity index (χ0) is 24.6. The molecule has 7 nitrogen and oxygen atoms in total. The molecule has 11 heteroatoms. The molecule has 0 bridgehead atoms. The van der Waals surface area contributed by atoms with Crippen LogP contribution in [0.1, 0.15) is 41.5 Å². The number of para-hydroxylation sites is 1. The lowest BCUT2D eigenvalue weighted by Crippen LogP contribution is -2.32. The second-order valence-electron chi connectivity index (χ2n) is 8.09. The van der Waals surface area contributed by atoms with E-state index in [4.69, 9.17) is 16.3 Å². The molecule has 0 fully saturated rings. The van der Waals surface area contributed by atoms with Gasteiger partial charge in [-0.15, -0.1) is 5.10 Å². The Hall–Kier alpha value is -3.27. The van der Waals surface area contributed by atoms with E-state index in [1.54, 1.807) is 31.2 Å². The van der Waals surface area contributed by atoms with Gasteiger partial charge in [0.15, 0.2) is 6.10 Å². The number of benzene rings is 2. The lowest BCUT2D eigenvalue weighted by Gasteiger charge is -2.21. The Morgan fingerprint density at radius 3 is 2.65 bits per heavy atom. The van der Waals surface area contributed by atoms with E-state index < -0.39 is 23.9 Å². The molecule has 1 amide bonds. The Balaban J connectivity index is 1.79. The van der Waals surface area contributed by atoms with Crippen LogP contribution in [0, 0.1) is 6.92 Å². The SMILES string of the molecule is Cc1ccccc1NC(=O)c1cc(Cl)c(-n2nc3n(c2=O)CCCC3)cc1O[C@@H](C)C(F)(F)F. The molecular formula is C23H22ClF3N4O3. The fraction of sp³-hybridized carbons (Fsp3) is 0.348. The van der Waals surface area contributed by atoms with Crippen LogP contribution in [0.15, 0.2) is 41.2 Å². The van der Waals surface area contributed by atoms with Crippen LogP contribution < -0.4 is 15.7 Å². The summed E-state index contributed by atoms with van der Waals surface area (Å²) in [5.74, 6) is -0.503. The number of fused-ring (bicyclic) bond motifs is 1. The molecule has 0 aliphatic carbocycles. The number of hydrogen-bond donors (Lipinski definition) is 1. The summed E-state index contributed by atoms with van der Waals surface area (Å²) in [6.45, 7) is 3.11. The van der Waals surface area contributed by atoms with Gasteiger partial charge in [-0.25, -0.2) is 4.79 Å². The molecule has 0 saturated carbocycles. The number of aryl methyl sites for hydroxylation is 2. The van der Waals surface area contributed by atoms with E-state index in [2.05, 4.69) is 10.4 Å². The number of carbonyl (C=O) groups excluding carboxylic acids is 1. The quantitative estimate of drug-likeness (QED) is 0.546. The number of alkyl halides is 3. The molecule has 2 heterocycles. The van der Waals surface area contributed by atoms with Gasteiger partial charge in [-0.3, -0.25) is 9.36 Å². The molecule has 1 N–H and O–H groups in total. The molecule has 1 atom stereocenters. The lowest BCUT2D eigenvalue weighted by molar-refractivity contribution is -0.189. The summed E-state index contributed by atoms with van der Waals surface area (Å²) in [5.41, 5.74) is 0.624. The maximum Gasteiger partial charge on any atom is 0.425 e. The first-order valence-corrected chi connectivity index (χ1v) is 11.1. The van der Waals surface area contributed by atoms with Gasteiger partial charge in [0.05, 0.1) is 16.3 Å². The fourth-order valence-corrected chi connectivity index (χ4v) is 3.94. The Morgan fingerprint density at radius 2 is 1.97 bits per heavy atom. The second-order valence-corrected chi connectivity index (χ2v) is 8.50. The summed E-state index contributed by atoms with van der Waals surface area (Å²) >= 11 is 6.41. The van der Waals surface area contributed by atoms with Gasteiger partial charge in [0.1, 0.15) is 11.6 Å². The maximum absolute atomic E-state index is 13.3. The van der Waals surface area contributed by atoms with Gasteiger partial charge in [0.25, 0.3) is 5.91 Å². The number of rotatable bonds is 5. The minimum atomic E-state index is -4.67. The molecule has 1 aliphatic heterocycles. The van der Waals surface area contributed by atoms with Crippen LogP contribution in [-0.4, -0.2) is 32.5 Å². The number of halogens is 4. The number of ether oxygens (including phenoxy) is 1. The highest BCUT2D eigenvalue weighted by atomic mass is 35.5. The van der Waals surface area contributed by atoms with Gasteiger partial charge in [-0.1, -0.05) is 29.8 Å². The van der Waals surface area contributed by atoms with Crippen LogP contribution in [0.4, 0.5) is 18.9 Å². The molecule has 2 aromatic carbocycles. The molecule has 0 radical (unpaired) electrons. The fourth-order valence-electron chi connectivity index (χ4n) is 3.70. The third-order valence-corrected chi connectivity index (χ3v) is 5.95. The topological polar surface area (TPSA) is 78.2 Å². The Labute approximate surface area is 198 Å². The van der Waals surface area contributed by atoms with Gasteiger partial charge in [0, 0.05) is 24.7 Å². The van der Waals surface area contributed by atoms with Crippen molar-refractivity contribution in [2.75, 3.05) is 5.32 Å². The average molecular weight is 495 g/mol. The maximum atomic E-state index is 13.3. The van der Waals surface area contributed by atoms with Crippen LogP contribution in [0.2, 0.25) is 5.02 Å². The van der Waals surface area contributed by atoms with E-state index in [0.717, 1.165) is 36.1 Å². The van der Waals surface area contributed by atoms with Crippen LogP contribution in [0.25, 0.3) is 5.69 Å². The van der Waals surface area contributed by atoms with Crippen molar-refractivity contribution in [2.24, 2.45) is 0 Å². The zero-order valence-electron chi connectivity index (χ0n) is 18.4. The van der Waals surface area contributed by atoms with E-state index in [1.165, 1.54) is 10.6 Å². The summed E-state index contributed by atoms with van der Waals surface area (Å²) in [7, 11) is 0. The van der Waals surface area contributed by atoms with E-state index in [9.17, 15) is 22.8 Å². The van der Waals surface area contributed by atoms with Gasteiger partial charge >= 0.3 is 11.9 Å². The number of amides is 1. The van der Waals surface area contributed by atoms with Crippen molar-refractivity contribution in [1.29, 1.82) is 0 Å². The van der Waals surface area contributed by atoms with Crippen molar-refractivity contribution >= 4 is 23.2 Å². The monoisotopic (exact) mass is 494 g/mol. The Bertz CT molecular complexity index is 1300. The van der Waals surface area contributed by atoms with Gasteiger partial charge in [-0.2, -0.15) is 17.9 Å². The highest BCUT2D eigenvalue weighted by molar-refractivity contribution is 6.33. The summed E-state index contributed by atoms with van der Waals surface area (Å²) in [5, 5.41) is 6.95. The standard InChI is InChI=1S/C23H22ClF3N4O3/c1-13-7-3-4-8-17(13)28-21(32)15-11-16(24)18(12-19(15)34-14(2)23(25,26)27)31-22(33)30-10-6-5-9-20(30)29-31/h3-4,7-8,11-12,14H,5-6,9-10H2,1-2H3,(H,28,32)/t14-/m0/s1. The average Bonchev–Trinajstić information content (AvgIpc) is 3.12. The van der Waals surface area contributed by atoms with Crippen LogP contribution in [0.5, 0.6) is 5.75 Å². The number of hydrogen-bond acceptors (Lipinski definition) is 4. The van der Waals surface area contributed by atoms with Crippen LogP contribution >= 0.6 is 11.6 Å². The largest absolute Gasteiger partial charge is 0.480 e. The number of carbonyl (C=O) groups is 1. The minimum Gasteiger partial charge on any atom is -0.480 e. The first-order chi connectivity index (χ1) is 16.1. The van der Waals surface area contributed by atoms with E-state index in [-0.39, 0.29) is 22.0 Å². The first-order valence-electron chi connectivity index (χ1n) is 10.7. The smallest absolute Gasteiger partial charge is 0.425 e. The highest BCUT2D eigenvalue weighted by Crippen LogP contribution is 2.33. The number of nitrogens with zero attached hydrogens (tertiary/aromatic N) is 3. The Kier molecular flexibility index (Phi) is 6.44. The summed E-state index contributed by atoms with van der Waals surface area (Å²) < 4.78 is 47.5. The molecule has 4 rings (SSSR count). The van der Waals surface area contributed by atoms with Gasteiger partial charge in [-0.05, 0) is 44.4 Å². The normalized spacial score (nSPS) is 14.4. The van der Waals surface area contributed by atoms with Crippen molar-refractivity contribution in [3.63, 3.8) is 0 Å². The van der Waals surface area contributed by atoms with E-state index in [1.807, 2.05) is 0 Å². The minimum absolute atomic E-state index is 0.0282. The highest BCUT2D eigenvalue weighted by Gasteiger charge is 2.39.